The summed E-state index contributed by atoms with van der Waals surface area (Å²) >= 11 is 0. The van der Waals surface area contributed by atoms with E-state index in [2.05, 4.69) is 29.7 Å². The zero-order valence-electron chi connectivity index (χ0n) is 15.9. The minimum atomic E-state index is -0.617. The van der Waals surface area contributed by atoms with Crippen LogP contribution in [-0.2, 0) is 12.1 Å². The van der Waals surface area contributed by atoms with Crippen molar-refractivity contribution in [3.05, 3.63) is 95.6 Å². The Hall–Kier alpha value is -3.27. The molecule has 0 bridgehead atoms. The average molecular weight is 372 g/mol. The summed E-state index contributed by atoms with van der Waals surface area (Å²) in [5.74, 6) is 0.771. The minimum absolute atomic E-state index is 0.0561. The van der Waals surface area contributed by atoms with Crippen molar-refractivity contribution >= 4 is 11.6 Å². The van der Waals surface area contributed by atoms with E-state index >= 15 is 0 Å². The van der Waals surface area contributed by atoms with Crippen molar-refractivity contribution in [3.8, 4) is 5.75 Å². The minimum Gasteiger partial charge on any atom is -0.493 e. The van der Waals surface area contributed by atoms with E-state index in [0.717, 1.165) is 29.8 Å². The molecule has 142 valence electrons. The largest absolute Gasteiger partial charge is 0.493 e. The van der Waals surface area contributed by atoms with E-state index in [1.165, 1.54) is 5.56 Å². The molecule has 3 aromatic carbocycles. The van der Waals surface area contributed by atoms with Crippen LogP contribution < -0.4 is 15.4 Å². The number of hydrogen-bond donors (Lipinski definition) is 2. The first-order valence-electron chi connectivity index (χ1n) is 9.67. The van der Waals surface area contributed by atoms with E-state index in [1.807, 2.05) is 66.7 Å². The highest BCUT2D eigenvalue weighted by Gasteiger charge is 2.37. The van der Waals surface area contributed by atoms with Crippen LogP contribution in [0.4, 0.5) is 5.69 Å². The van der Waals surface area contributed by atoms with Crippen LogP contribution >= 0.6 is 0 Å². The first-order chi connectivity index (χ1) is 13.7. The molecule has 3 aromatic rings. The Labute approximate surface area is 165 Å². The van der Waals surface area contributed by atoms with E-state index in [-0.39, 0.29) is 5.91 Å². The van der Waals surface area contributed by atoms with Crippen LogP contribution in [0.5, 0.6) is 5.75 Å². The molecule has 4 heteroatoms. The van der Waals surface area contributed by atoms with Crippen LogP contribution in [0.2, 0.25) is 0 Å². The van der Waals surface area contributed by atoms with Gasteiger partial charge in [-0.1, -0.05) is 61.5 Å². The topological polar surface area (TPSA) is 50.4 Å². The summed E-state index contributed by atoms with van der Waals surface area (Å²) in [5, 5.41) is 6.66. The van der Waals surface area contributed by atoms with Crippen molar-refractivity contribution < 1.29 is 9.53 Å². The third-order valence-corrected chi connectivity index (χ3v) is 5.23. The Bertz CT molecular complexity index is 954. The maximum absolute atomic E-state index is 12.6. The van der Waals surface area contributed by atoms with Crippen LogP contribution in [0.25, 0.3) is 0 Å². The fourth-order valence-electron chi connectivity index (χ4n) is 3.60. The van der Waals surface area contributed by atoms with Crippen molar-refractivity contribution in [3.63, 3.8) is 0 Å². The highest BCUT2D eigenvalue weighted by Crippen LogP contribution is 2.34. The van der Waals surface area contributed by atoms with Gasteiger partial charge in [0.1, 0.15) is 11.4 Å². The monoisotopic (exact) mass is 372 g/mol. The third-order valence-electron chi connectivity index (χ3n) is 5.23. The van der Waals surface area contributed by atoms with Crippen LogP contribution in [-0.4, -0.2) is 12.5 Å². The maximum atomic E-state index is 12.6. The molecule has 0 radical (unpaired) electrons. The van der Waals surface area contributed by atoms with Gasteiger partial charge in [0, 0.05) is 12.1 Å². The number of benzene rings is 3. The standard InChI is InChI=1S/C24H24N2O2/c1-2-24(25-22-11-7-6-10-21(22)23(27)26-24)19-12-14-20(15-13-19)28-17-16-18-8-4-3-5-9-18/h3-15,25H,2,16-17H2,1H3,(H,26,27). The van der Waals surface area contributed by atoms with Gasteiger partial charge < -0.3 is 15.4 Å². The lowest BCUT2D eigenvalue weighted by molar-refractivity contribution is 0.0896. The molecule has 0 fully saturated rings. The quantitative estimate of drug-likeness (QED) is 0.658. The molecule has 2 N–H and O–H groups in total. The van der Waals surface area contributed by atoms with E-state index in [1.54, 1.807) is 0 Å². The zero-order chi connectivity index (χ0) is 19.4. The molecule has 4 rings (SSSR count). The molecule has 1 aliphatic heterocycles. The lowest BCUT2D eigenvalue weighted by Crippen LogP contribution is -2.54. The molecule has 0 aromatic heterocycles. The Morgan fingerprint density at radius 3 is 2.32 bits per heavy atom. The van der Waals surface area contributed by atoms with Crippen molar-refractivity contribution in [2.45, 2.75) is 25.4 Å². The van der Waals surface area contributed by atoms with E-state index in [4.69, 9.17) is 4.74 Å². The number of carbonyl (C=O) groups is 1. The number of carbonyl (C=O) groups excluding carboxylic acids is 1. The SMILES string of the molecule is CCC1(c2ccc(OCCc3ccccc3)cc2)NC(=O)c2ccccc2N1. The third kappa shape index (κ3) is 3.58. The number of para-hydroxylation sites is 1. The van der Waals surface area contributed by atoms with Crippen LogP contribution in [0.3, 0.4) is 0 Å². The molecule has 1 heterocycles. The van der Waals surface area contributed by atoms with Crippen molar-refractivity contribution in [2.75, 3.05) is 11.9 Å². The zero-order valence-corrected chi connectivity index (χ0v) is 15.9. The molecular formula is C24H24N2O2. The summed E-state index contributed by atoms with van der Waals surface area (Å²) in [6, 6.07) is 25.9. The van der Waals surface area contributed by atoms with Gasteiger partial charge in [-0.15, -0.1) is 0 Å². The van der Waals surface area contributed by atoms with Gasteiger partial charge in [0.05, 0.1) is 12.2 Å². The molecule has 0 saturated heterocycles. The predicted molar refractivity (Wildman–Crippen MR) is 112 cm³/mol. The van der Waals surface area contributed by atoms with Crippen molar-refractivity contribution in [1.82, 2.24) is 5.32 Å². The summed E-state index contributed by atoms with van der Waals surface area (Å²) in [4.78, 5) is 12.6. The number of ether oxygens (including phenoxy) is 1. The molecular weight excluding hydrogens is 348 g/mol. The summed E-state index contributed by atoms with van der Waals surface area (Å²) in [5.41, 5.74) is 3.18. The lowest BCUT2D eigenvalue weighted by atomic mass is 9.92. The number of rotatable bonds is 6. The second-order valence-corrected chi connectivity index (χ2v) is 6.99. The van der Waals surface area contributed by atoms with Gasteiger partial charge in [-0.25, -0.2) is 0 Å². The number of amides is 1. The number of nitrogens with one attached hydrogen (secondary N) is 2. The predicted octanol–water partition coefficient (Wildman–Crippen LogP) is 4.73. The Balaban J connectivity index is 1.47. The van der Waals surface area contributed by atoms with Crippen molar-refractivity contribution in [1.29, 1.82) is 0 Å². The van der Waals surface area contributed by atoms with Crippen molar-refractivity contribution in [2.24, 2.45) is 0 Å². The Kier molecular flexibility index (Phi) is 5.02. The first-order valence-corrected chi connectivity index (χ1v) is 9.67. The van der Waals surface area contributed by atoms with Gasteiger partial charge in [0.25, 0.3) is 5.91 Å². The average Bonchev–Trinajstić information content (AvgIpc) is 2.75. The van der Waals surface area contributed by atoms with E-state index in [0.29, 0.717) is 12.2 Å². The normalized spacial score (nSPS) is 18.0. The first kappa shape index (κ1) is 18.1. The second kappa shape index (κ2) is 7.77. The second-order valence-electron chi connectivity index (χ2n) is 6.99. The van der Waals surface area contributed by atoms with Crippen LogP contribution in [0, 0.1) is 0 Å². The Morgan fingerprint density at radius 1 is 0.857 bits per heavy atom. The molecule has 1 unspecified atom stereocenters. The van der Waals surface area contributed by atoms with Crippen LogP contribution in [0.1, 0.15) is 34.8 Å². The smallest absolute Gasteiger partial charge is 0.255 e. The molecule has 28 heavy (non-hydrogen) atoms. The molecule has 0 saturated carbocycles. The molecule has 4 nitrogen and oxygen atoms in total. The summed E-state index contributed by atoms with van der Waals surface area (Å²) < 4.78 is 5.89. The van der Waals surface area contributed by atoms with Gasteiger partial charge >= 0.3 is 0 Å². The van der Waals surface area contributed by atoms with Gasteiger partial charge in [0.2, 0.25) is 0 Å². The molecule has 0 aliphatic carbocycles. The van der Waals surface area contributed by atoms with Gasteiger partial charge in [-0.2, -0.15) is 0 Å². The van der Waals surface area contributed by atoms with E-state index in [9.17, 15) is 4.79 Å². The fraction of sp³-hybridized carbons (Fsp3) is 0.208. The highest BCUT2D eigenvalue weighted by molar-refractivity contribution is 6.02. The summed E-state index contributed by atoms with van der Waals surface area (Å²) in [6.45, 7) is 2.69. The van der Waals surface area contributed by atoms with Crippen LogP contribution in [0.15, 0.2) is 78.9 Å². The Morgan fingerprint density at radius 2 is 1.57 bits per heavy atom. The fourth-order valence-corrected chi connectivity index (χ4v) is 3.60. The molecule has 1 atom stereocenters. The number of fused-ring (bicyclic) bond motifs is 1. The van der Waals surface area contributed by atoms with E-state index < -0.39 is 5.66 Å². The number of hydrogen-bond acceptors (Lipinski definition) is 3. The summed E-state index contributed by atoms with van der Waals surface area (Å²) in [7, 11) is 0. The molecule has 1 aliphatic rings. The van der Waals surface area contributed by atoms with Gasteiger partial charge in [0.15, 0.2) is 0 Å². The highest BCUT2D eigenvalue weighted by atomic mass is 16.5. The lowest BCUT2D eigenvalue weighted by Gasteiger charge is -2.40. The van der Waals surface area contributed by atoms with Gasteiger partial charge in [-0.3, -0.25) is 4.79 Å². The maximum Gasteiger partial charge on any atom is 0.255 e. The molecule has 1 amide bonds. The summed E-state index contributed by atoms with van der Waals surface area (Å²) in [6.07, 6.45) is 1.59. The van der Waals surface area contributed by atoms with Gasteiger partial charge in [-0.05, 0) is 41.8 Å². The molecule has 0 spiro atoms. The number of anilines is 1.